The van der Waals surface area contributed by atoms with Crippen molar-refractivity contribution in [2.24, 2.45) is 0 Å². The molecule has 0 aromatic heterocycles. The van der Waals surface area contributed by atoms with Gasteiger partial charge in [0.05, 0.1) is 5.56 Å². The van der Waals surface area contributed by atoms with Gasteiger partial charge in [-0.05, 0) is 54.1 Å². The van der Waals surface area contributed by atoms with E-state index in [0.717, 1.165) is 21.4 Å². The second-order valence-corrected chi connectivity index (χ2v) is 7.15. The van der Waals surface area contributed by atoms with Gasteiger partial charge in [-0.1, -0.05) is 51.8 Å². The van der Waals surface area contributed by atoms with Crippen molar-refractivity contribution in [2.75, 3.05) is 10.2 Å². The molecule has 3 aromatic rings. The fourth-order valence-electron chi connectivity index (χ4n) is 3.00. The average molecular weight is 414 g/mol. The third kappa shape index (κ3) is 3.03. The summed E-state index contributed by atoms with van der Waals surface area (Å²) in [7, 11) is 0. The van der Waals surface area contributed by atoms with Gasteiger partial charge in [-0.15, -0.1) is 0 Å². The first-order valence-corrected chi connectivity index (χ1v) is 9.01. The zero-order valence-corrected chi connectivity index (χ0v) is 15.5. The highest BCUT2D eigenvalue weighted by molar-refractivity contribution is 9.10. The molecule has 1 aliphatic heterocycles. The van der Waals surface area contributed by atoms with Crippen LogP contribution in [0.2, 0.25) is 5.02 Å². The zero-order valence-electron chi connectivity index (χ0n) is 13.1. The summed E-state index contributed by atoms with van der Waals surface area (Å²) in [5.74, 6) is -0.0374. The number of hydrogen-bond donors (Lipinski definition) is 1. The lowest BCUT2D eigenvalue weighted by atomic mass is 10.0. The lowest BCUT2D eigenvalue weighted by Crippen LogP contribution is -2.43. The fraction of sp³-hybridized carbons (Fsp3) is 0.0500. The third-order valence-electron chi connectivity index (χ3n) is 4.22. The topological polar surface area (TPSA) is 32.3 Å². The molecule has 124 valence electrons. The van der Waals surface area contributed by atoms with Crippen LogP contribution in [0.1, 0.15) is 22.1 Å². The molecule has 3 aromatic carbocycles. The van der Waals surface area contributed by atoms with Gasteiger partial charge in [0.25, 0.3) is 5.91 Å². The molecule has 25 heavy (non-hydrogen) atoms. The maximum Gasteiger partial charge on any atom is 0.262 e. The lowest BCUT2D eigenvalue weighted by Gasteiger charge is -2.38. The minimum Gasteiger partial charge on any atom is -0.360 e. The molecule has 0 unspecified atom stereocenters. The van der Waals surface area contributed by atoms with Crippen molar-refractivity contribution in [2.45, 2.75) is 6.17 Å². The number of carbonyl (C=O) groups is 1. The summed E-state index contributed by atoms with van der Waals surface area (Å²) in [6.45, 7) is 0. The van der Waals surface area contributed by atoms with Gasteiger partial charge in [0.15, 0.2) is 0 Å². The van der Waals surface area contributed by atoms with Crippen molar-refractivity contribution in [3.8, 4) is 0 Å². The fourth-order valence-corrected chi connectivity index (χ4v) is 3.39. The second kappa shape index (κ2) is 6.54. The van der Waals surface area contributed by atoms with Crippen LogP contribution in [-0.2, 0) is 0 Å². The summed E-state index contributed by atoms with van der Waals surface area (Å²) in [6.07, 6.45) is -0.295. The van der Waals surface area contributed by atoms with E-state index in [9.17, 15) is 4.79 Å². The Balaban J connectivity index is 1.85. The first-order valence-electron chi connectivity index (χ1n) is 7.83. The number of benzene rings is 3. The Bertz CT molecular complexity index is 925. The minimum absolute atomic E-state index is 0.0374. The van der Waals surface area contributed by atoms with E-state index < -0.39 is 0 Å². The summed E-state index contributed by atoms with van der Waals surface area (Å²) in [6, 6.07) is 22.8. The number of para-hydroxylation sites is 1. The average Bonchev–Trinajstić information content (AvgIpc) is 2.63. The summed E-state index contributed by atoms with van der Waals surface area (Å²) < 4.78 is 0.997. The summed E-state index contributed by atoms with van der Waals surface area (Å²) in [5, 5.41) is 4.12. The van der Waals surface area contributed by atoms with Crippen LogP contribution in [0.25, 0.3) is 0 Å². The number of amides is 1. The van der Waals surface area contributed by atoms with Crippen molar-refractivity contribution in [1.29, 1.82) is 0 Å². The van der Waals surface area contributed by atoms with E-state index >= 15 is 0 Å². The Kier molecular flexibility index (Phi) is 4.24. The molecule has 0 fully saturated rings. The van der Waals surface area contributed by atoms with E-state index in [-0.39, 0.29) is 12.1 Å². The number of nitrogens with zero attached hydrogens (tertiary/aromatic N) is 1. The second-order valence-electron chi connectivity index (χ2n) is 5.80. The molecule has 1 heterocycles. The quantitative estimate of drug-likeness (QED) is 0.569. The third-order valence-corrected chi connectivity index (χ3v) is 5.00. The van der Waals surface area contributed by atoms with Gasteiger partial charge in [-0.2, -0.15) is 0 Å². The monoisotopic (exact) mass is 412 g/mol. The molecule has 1 atom stereocenters. The molecule has 1 amide bonds. The molecular formula is C20H14BrClN2O. The van der Waals surface area contributed by atoms with Crippen LogP contribution in [0.15, 0.2) is 77.3 Å². The number of nitrogens with one attached hydrogen (secondary N) is 1. The number of fused-ring (bicyclic) bond motifs is 1. The normalized spacial score (nSPS) is 16.3. The van der Waals surface area contributed by atoms with Gasteiger partial charge in [-0.3, -0.25) is 9.69 Å². The molecule has 3 nitrogen and oxygen atoms in total. The molecule has 0 radical (unpaired) electrons. The van der Waals surface area contributed by atoms with Crippen LogP contribution in [0.5, 0.6) is 0 Å². The number of anilines is 2. The van der Waals surface area contributed by atoms with Crippen LogP contribution in [0.4, 0.5) is 11.4 Å². The predicted molar refractivity (Wildman–Crippen MR) is 105 cm³/mol. The van der Waals surface area contributed by atoms with E-state index in [4.69, 9.17) is 11.6 Å². The summed E-state index contributed by atoms with van der Waals surface area (Å²) >= 11 is 9.47. The van der Waals surface area contributed by atoms with Crippen molar-refractivity contribution in [1.82, 2.24) is 0 Å². The van der Waals surface area contributed by atoms with Crippen LogP contribution in [-0.4, -0.2) is 5.91 Å². The van der Waals surface area contributed by atoms with Crippen LogP contribution in [0.3, 0.4) is 0 Å². The van der Waals surface area contributed by atoms with Crippen molar-refractivity contribution in [3.05, 3.63) is 93.4 Å². The Morgan fingerprint density at radius 2 is 1.60 bits per heavy atom. The van der Waals surface area contributed by atoms with E-state index in [1.807, 2.05) is 60.7 Å². The molecule has 0 spiro atoms. The Labute approximate surface area is 159 Å². The van der Waals surface area contributed by atoms with Crippen molar-refractivity contribution >= 4 is 44.8 Å². The first-order chi connectivity index (χ1) is 12.1. The van der Waals surface area contributed by atoms with E-state index in [1.165, 1.54) is 0 Å². The highest BCUT2D eigenvalue weighted by Crippen LogP contribution is 2.37. The van der Waals surface area contributed by atoms with Gasteiger partial charge in [0.2, 0.25) is 0 Å². The summed E-state index contributed by atoms with van der Waals surface area (Å²) in [5.41, 5.74) is 3.29. The molecule has 1 aliphatic rings. The molecule has 0 saturated carbocycles. The van der Waals surface area contributed by atoms with E-state index in [1.54, 1.807) is 17.0 Å². The van der Waals surface area contributed by atoms with Crippen LogP contribution < -0.4 is 10.2 Å². The molecule has 4 rings (SSSR count). The Morgan fingerprint density at radius 1 is 0.920 bits per heavy atom. The van der Waals surface area contributed by atoms with Gasteiger partial charge in [0, 0.05) is 20.9 Å². The standard InChI is InChI=1S/C20H14BrClN2O/c21-14-7-5-13(6-8-14)19-23-18-4-2-1-3-17(18)20(25)24(19)16-11-9-15(22)10-12-16/h1-12,19,23H/t19-/m1/s1. The smallest absolute Gasteiger partial charge is 0.262 e. The van der Waals surface area contributed by atoms with Gasteiger partial charge in [0.1, 0.15) is 6.17 Å². The van der Waals surface area contributed by atoms with Gasteiger partial charge >= 0.3 is 0 Å². The maximum atomic E-state index is 13.2. The number of halogens is 2. The minimum atomic E-state index is -0.295. The zero-order chi connectivity index (χ0) is 17.4. The number of carbonyl (C=O) groups excluding carboxylic acids is 1. The van der Waals surface area contributed by atoms with E-state index in [2.05, 4.69) is 21.2 Å². The lowest BCUT2D eigenvalue weighted by molar-refractivity contribution is 0.0975. The number of hydrogen-bond acceptors (Lipinski definition) is 2. The first kappa shape index (κ1) is 16.2. The predicted octanol–water partition coefficient (Wildman–Crippen LogP) is 5.87. The largest absolute Gasteiger partial charge is 0.360 e. The molecule has 0 bridgehead atoms. The number of rotatable bonds is 2. The van der Waals surface area contributed by atoms with Crippen LogP contribution >= 0.6 is 27.5 Å². The molecule has 0 aliphatic carbocycles. The SMILES string of the molecule is O=C1c2ccccc2N[C@@H](c2ccc(Br)cc2)N1c1ccc(Cl)cc1. The van der Waals surface area contributed by atoms with Crippen LogP contribution in [0, 0.1) is 0 Å². The Morgan fingerprint density at radius 3 is 2.32 bits per heavy atom. The maximum absolute atomic E-state index is 13.2. The summed E-state index contributed by atoms with van der Waals surface area (Å²) in [4.78, 5) is 15.0. The van der Waals surface area contributed by atoms with E-state index in [0.29, 0.717) is 10.6 Å². The molecule has 0 saturated heterocycles. The van der Waals surface area contributed by atoms with Crippen molar-refractivity contribution in [3.63, 3.8) is 0 Å². The molecule has 5 heteroatoms. The Hall–Kier alpha value is -2.30. The highest BCUT2D eigenvalue weighted by Gasteiger charge is 2.33. The molecule has 1 N–H and O–H groups in total. The highest BCUT2D eigenvalue weighted by atomic mass is 79.9. The van der Waals surface area contributed by atoms with Crippen molar-refractivity contribution < 1.29 is 4.79 Å². The van der Waals surface area contributed by atoms with Gasteiger partial charge < -0.3 is 5.32 Å². The van der Waals surface area contributed by atoms with Gasteiger partial charge in [-0.25, -0.2) is 0 Å². The molecular weight excluding hydrogens is 400 g/mol.